The van der Waals surface area contributed by atoms with Gasteiger partial charge in [-0.05, 0) is 55.0 Å². The quantitative estimate of drug-likeness (QED) is 0.456. The van der Waals surface area contributed by atoms with Crippen molar-refractivity contribution in [2.24, 2.45) is 5.92 Å². The molecule has 2 aromatic carbocycles. The number of H-pyrrole nitrogens is 1. The molecule has 10 heteroatoms. The van der Waals surface area contributed by atoms with E-state index in [1.807, 2.05) is 30.5 Å². The molecule has 0 unspecified atom stereocenters. The third-order valence-corrected chi connectivity index (χ3v) is 8.48. The van der Waals surface area contributed by atoms with Gasteiger partial charge in [0.2, 0.25) is 5.91 Å². The molecule has 2 saturated heterocycles. The molecule has 2 N–H and O–H groups in total. The highest BCUT2D eigenvalue weighted by molar-refractivity contribution is 5.95. The lowest BCUT2D eigenvalue weighted by Gasteiger charge is -2.37. The number of piperazine rings is 1. The lowest BCUT2D eigenvalue weighted by molar-refractivity contribution is -0.137. The van der Waals surface area contributed by atoms with Gasteiger partial charge in [-0.25, -0.2) is 4.79 Å². The molecule has 1 atom stereocenters. The number of carbonyl (C=O) groups is 3. The van der Waals surface area contributed by atoms with Crippen LogP contribution >= 0.6 is 0 Å². The monoisotopic (exact) mass is 556 g/mol. The van der Waals surface area contributed by atoms with Crippen molar-refractivity contribution in [3.8, 4) is 11.1 Å². The third-order valence-electron chi connectivity index (χ3n) is 8.48. The number of nitrogens with one attached hydrogen (secondary N) is 1. The normalized spacial score (nSPS) is 19.2. The number of benzene rings is 2. The number of hydrogen-bond acceptors (Lipinski definition) is 5. The SMILES string of the molecule is O=C(O)N1CCN(C(=O)c2cccc(N3CCC[C@@H](C(=O)N(Cc4ccc(-c5cn[nH]c5)cc4)C4CC4)C3)c2)CC1. The van der Waals surface area contributed by atoms with E-state index in [0.717, 1.165) is 54.6 Å². The number of carboxylic acid groups (broad SMARTS) is 1. The molecule has 3 amide bonds. The van der Waals surface area contributed by atoms with Crippen molar-refractivity contribution in [2.45, 2.75) is 38.3 Å². The second-order valence-corrected chi connectivity index (χ2v) is 11.3. The predicted octanol–water partition coefficient (Wildman–Crippen LogP) is 3.92. The Balaban J connectivity index is 1.10. The van der Waals surface area contributed by atoms with Crippen molar-refractivity contribution in [1.29, 1.82) is 0 Å². The van der Waals surface area contributed by atoms with Gasteiger partial charge in [-0.3, -0.25) is 14.7 Å². The van der Waals surface area contributed by atoms with Crippen LogP contribution in [0.4, 0.5) is 10.5 Å². The van der Waals surface area contributed by atoms with Gasteiger partial charge in [0.05, 0.1) is 12.1 Å². The Morgan fingerprint density at radius 2 is 1.68 bits per heavy atom. The molecule has 214 valence electrons. The minimum absolute atomic E-state index is 0.0831. The summed E-state index contributed by atoms with van der Waals surface area (Å²) in [5.74, 6) is 0.0536. The van der Waals surface area contributed by atoms with E-state index in [2.05, 4.69) is 44.3 Å². The van der Waals surface area contributed by atoms with E-state index in [9.17, 15) is 19.5 Å². The van der Waals surface area contributed by atoms with Crippen LogP contribution in [-0.4, -0.2) is 93.2 Å². The first-order valence-electron chi connectivity index (χ1n) is 14.5. The van der Waals surface area contributed by atoms with Crippen molar-refractivity contribution >= 4 is 23.6 Å². The first-order chi connectivity index (χ1) is 20.0. The van der Waals surface area contributed by atoms with Crippen LogP contribution in [0.1, 0.15) is 41.6 Å². The summed E-state index contributed by atoms with van der Waals surface area (Å²) in [7, 11) is 0. The molecular formula is C31H36N6O4. The number of nitrogens with zero attached hydrogens (tertiary/aromatic N) is 5. The fraction of sp³-hybridized carbons (Fsp3) is 0.419. The van der Waals surface area contributed by atoms with Crippen LogP contribution in [0.15, 0.2) is 60.9 Å². The number of aromatic nitrogens is 2. The number of aromatic amines is 1. The Hall–Kier alpha value is -4.34. The number of anilines is 1. The van der Waals surface area contributed by atoms with E-state index in [4.69, 9.17) is 0 Å². The fourth-order valence-corrected chi connectivity index (χ4v) is 5.95. The molecule has 3 aromatic rings. The number of rotatable bonds is 7. The summed E-state index contributed by atoms with van der Waals surface area (Å²) >= 11 is 0. The van der Waals surface area contributed by atoms with Crippen LogP contribution < -0.4 is 4.90 Å². The largest absolute Gasteiger partial charge is 0.465 e. The fourth-order valence-electron chi connectivity index (χ4n) is 5.95. The summed E-state index contributed by atoms with van der Waals surface area (Å²) in [6.07, 6.45) is 6.63. The molecule has 3 fully saturated rings. The summed E-state index contributed by atoms with van der Waals surface area (Å²) < 4.78 is 0. The lowest BCUT2D eigenvalue weighted by atomic mass is 9.95. The first-order valence-corrected chi connectivity index (χ1v) is 14.5. The van der Waals surface area contributed by atoms with Crippen LogP contribution in [0.5, 0.6) is 0 Å². The van der Waals surface area contributed by atoms with Gasteiger partial charge in [-0.1, -0.05) is 30.3 Å². The second-order valence-electron chi connectivity index (χ2n) is 11.3. The Morgan fingerprint density at radius 1 is 0.927 bits per heavy atom. The maximum Gasteiger partial charge on any atom is 0.407 e. The zero-order valence-corrected chi connectivity index (χ0v) is 23.1. The summed E-state index contributed by atoms with van der Waals surface area (Å²) in [5.41, 5.74) is 4.81. The van der Waals surface area contributed by atoms with Crippen LogP contribution in [0.3, 0.4) is 0 Å². The Morgan fingerprint density at radius 3 is 2.37 bits per heavy atom. The van der Waals surface area contributed by atoms with Crippen LogP contribution in [0.25, 0.3) is 11.1 Å². The molecule has 3 aliphatic rings. The van der Waals surface area contributed by atoms with Crippen LogP contribution in [-0.2, 0) is 11.3 Å². The zero-order chi connectivity index (χ0) is 28.3. The molecule has 6 rings (SSSR count). The van der Waals surface area contributed by atoms with Gasteiger partial charge in [0, 0.05) is 74.9 Å². The van der Waals surface area contributed by atoms with Crippen molar-refractivity contribution in [3.05, 3.63) is 72.1 Å². The van der Waals surface area contributed by atoms with Gasteiger partial charge in [0.1, 0.15) is 0 Å². The molecular weight excluding hydrogens is 520 g/mol. The molecule has 0 bridgehead atoms. The van der Waals surface area contributed by atoms with Gasteiger partial charge in [0.25, 0.3) is 5.91 Å². The number of piperidine rings is 1. The van der Waals surface area contributed by atoms with E-state index < -0.39 is 6.09 Å². The maximum atomic E-state index is 13.9. The van der Waals surface area contributed by atoms with Gasteiger partial charge in [-0.15, -0.1) is 0 Å². The molecule has 10 nitrogen and oxygen atoms in total. The van der Waals surface area contributed by atoms with Gasteiger partial charge < -0.3 is 24.7 Å². The minimum atomic E-state index is -0.947. The van der Waals surface area contributed by atoms with Crippen molar-refractivity contribution < 1.29 is 19.5 Å². The number of hydrogen-bond donors (Lipinski definition) is 2. The Labute approximate surface area is 239 Å². The highest BCUT2D eigenvalue weighted by atomic mass is 16.4. The molecule has 0 spiro atoms. The second kappa shape index (κ2) is 11.6. The Bertz CT molecular complexity index is 1380. The standard InChI is InChI=1S/C31H36N6O4/c38-29(34-13-15-35(16-14-34)31(40)41)24-3-1-5-28(17-24)36-12-2-4-25(21-36)30(39)37(27-10-11-27)20-22-6-8-23(9-7-22)26-18-32-33-19-26/h1,3,5-9,17-19,25,27H,2,4,10-16,20-21H2,(H,32,33)(H,40,41)/t25-/m1/s1. The zero-order valence-electron chi connectivity index (χ0n) is 23.1. The maximum absolute atomic E-state index is 13.9. The Kier molecular flexibility index (Phi) is 7.63. The molecule has 1 aromatic heterocycles. The summed E-state index contributed by atoms with van der Waals surface area (Å²) in [4.78, 5) is 45.6. The van der Waals surface area contributed by atoms with Crippen LogP contribution in [0, 0.1) is 5.92 Å². The molecule has 2 aliphatic heterocycles. The van der Waals surface area contributed by atoms with E-state index in [1.54, 1.807) is 11.1 Å². The molecule has 41 heavy (non-hydrogen) atoms. The van der Waals surface area contributed by atoms with E-state index >= 15 is 0 Å². The van der Waals surface area contributed by atoms with Crippen LogP contribution in [0.2, 0.25) is 0 Å². The van der Waals surface area contributed by atoms with Gasteiger partial charge >= 0.3 is 6.09 Å². The lowest BCUT2D eigenvalue weighted by Crippen LogP contribution is -2.50. The van der Waals surface area contributed by atoms with Gasteiger partial charge in [0.15, 0.2) is 0 Å². The summed E-state index contributed by atoms with van der Waals surface area (Å²) in [5, 5.41) is 16.1. The molecule has 3 heterocycles. The van der Waals surface area contributed by atoms with E-state index in [0.29, 0.717) is 50.9 Å². The highest BCUT2D eigenvalue weighted by Gasteiger charge is 2.37. The van der Waals surface area contributed by atoms with E-state index in [1.165, 1.54) is 4.90 Å². The van der Waals surface area contributed by atoms with Gasteiger partial charge in [-0.2, -0.15) is 5.10 Å². The average molecular weight is 557 g/mol. The minimum Gasteiger partial charge on any atom is -0.465 e. The molecule has 0 radical (unpaired) electrons. The average Bonchev–Trinajstić information content (AvgIpc) is 3.71. The molecule has 1 saturated carbocycles. The van der Waals surface area contributed by atoms with Crippen molar-refractivity contribution in [1.82, 2.24) is 24.9 Å². The van der Waals surface area contributed by atoms with Crippen molar-refractivity contribution in [3.63, 3.8) is 0 Å². The predicted molar refractivity (Wildman–Crippen MR) is 154 cm³/mol. The van der Waals surface area contributed by atoms with E-state index in [-0.39, 0.29) is 17.7 Å². The topological polar surface area (TPSA) is 113 Å². The summed E-state index contributed by atoms with van der Waals surface area (Å²) in [6.45, 7) is 3.52. The number of amides is 3. The molecule has 1 aliphatic carbocycles. The van der Waals surface area contributed by atoms with Crippen molar-refractivity contribution in [2.75, 3.05) is 44.2 Å². The highest BCUT2D eigenvalue weighted by Crippen LogP contribution is 2.33. The summed E-state index contributed by atoms with van der Waals surface area (Å²) in [6, 6.07) is 16.3. The number of carbonyl (C=O) groups excluding carboxylic acids is 2. The smallest absolute Gasteiger partial charge is 0.407 e. The third kappa shape index (κ3) is 6.06. The first kappa shape index (κ1) is 26.9.